The molecule has 0 aromatic heterocycles. The molecule has 8 heteroatoms. The van der Waals surface area contributed by atoms with Gasteiger partial charge in [-0.2, -0.15) is 0 Å². The molecule has 0 unspecified atom stereocenters. The number of rotatable bonds is 7. The van der Waals surface area contributed by atoms with Crippen LogP contribution in [0.4, 0.5) is 5.69 Å². The van der Waals surface area contributed by atoms with Crippen LogP contribution in [0.3, 0.4) is 0 Å². The summed E-state index contributed by atoms with van der Waals surface area (Å²) in [5.74, 6) is -0.141. The van der Waals surface area contributed by atoms with Crippen molar-refractivity contribution in [2.75, 3.05) is 29.7 Å². The van der Waals surface area contributed by atoms with Gasteiger partial charge in [-0.3, -0.25) is 4.79 Å². The SMILES string of the molecule is Cl.Nc1ccc(C(=O)NCCCS(=O)(=O)CCCl)cc1. The summed E-state index contributed by atoms with van der Waals surface area (Å²) in [6.45, 7) is 0.310. The van der Waals surface area contributed by atoms with E-state index in [1.54, 1.807) is 24.3 Å². The molecule has 1 rings (SSSR count). The molecular formula is C12H18Cl2N2O3S. The van der Waals surface area contributed by atoms with Gasteiger partial charge in [-0.05, 0) is 30.7 Å². The molecule has 0 radical (unpaired) electrons. The largest absolute Gasteiger partial charge is 0.399 e. The zero-order valence-electron chi connectivity index (χ0n) is 10.8. The predicted octanol–water partition coefficient (Wildman–Crippen LogP) is 1.46. The van der Waals surface area contributed by atoms with Crippen molar-refractivity contribution in [2.45, 2.75) is 6.42 Å². The summed E-state index contributed by atoms with van der Waals surface area (Å²) in [7, 11) is -3.10. The standard InChI is InChI=1S/C12H17ClN2O3S.ClH/c13-6-9-19(17,18)8-1-7-15-12(16)10-2-4-11(14)5-3-10;/h2-5H,1,6-9,14H2,(H,15,16);1H. The lowest BCUT2D eigenvalue weighted by Crippen LogP contribution is -2.26. The molecule has 114 valence electrons. The van der Waals surface area contributed by atoms with Crippen LogP contribution in [0.5, 0.6) is 0 Å². The number of nitrogen functional groups attached to an aromatic ring is 1. The van der Waals surface area contributed by atoms with Gasteiger partial charge in [-0.25, -0.2) is 8.42 Å². The minimum absolute atomic E-state index is 0. The fourth-order valence-corrected chi connectivity index (χ4v) is 3.18. The van der Waals surface area contributed by atoms with Crippen LogP contribution in [0.1, 0.15) is 16.8 Å². The minimum atomic E-state index is -3.10. The highest BCUT2D eigenvalue weighted by Gasteiger charge is 2.10. The Labute approximate surface area is 130 Å². The second-order valence-electron chi connectivity index (χ2n) is 4.07. The second-order valence-corrected chi connectivity index (χ2v) is 6.75. The molecule has 5 nitrogen and oxygen atoms in total. The Bertz CT molecular complexity index is 518. The second kappa shape index (κ2) is 9.05. The molecule has 3 N–H and O–H groups in total. The third kappa shape index (κ3) is 6.98. The molecule has 0 spiro atoms. The first kappa shape index (κ1) is 19.0. The third-order valence-electron chi connectivity index (χ3n) is 2.48. The Morgan fingerprint density at radius 1 is 1.20 bits per heavy atom. The van der Waals surface area contributed by atoms with Crippen molar-refractivity contribution in [3.8, 4) is 0 Å². The molecule has 0 aliphatic carbocycles. The average Bonchev–Trinajstić information content (AvgIpc) is 2.35. The maximum Gasteiger partial charge on any atom is 0.251 e. The number of sulfone groups is 1. The molecule has 1 amide bonds. The summed E-state index contributed by atoms with van der Waals surface area (Å²) in [4.78, 5) is 11.7. The van der Waals surface area contributed by atoms with E-state index in [9.17, 15) is 13.2 Å². The van der Waals surface area contributed by atoms with E-state index in [0.717, 1.165) is 0 Å². The van der Waals surface area contributed by atoms with Gasteiger partial charge in [0.2, 0.25) is 0 Å². The van der Waals surface area contributed by atoms with Crippen molar-refractivity contribution in [1.82, 2.24) is 5.32 Å². The number of hydrogen-bond donors (Lipinski definition) is 2. The van der Waals surface area contributed by atoms with Gasteiger partial charge >= 0.3 is 0 Å². The molecule has 0 heterocycles. The van der Waals surface area contributed by atoms with Crippen molar-refractivity contribution in [3.63, 3.8) is 0 Å². The van der Waals surface area contributed by atoms with Crippen LogP contribution in [0.25, 0.3) is 0 Å². The molecule has 0 bridgehead atoms. The van der Waals surface area contributed by atoms with Gasteiger partial charge in [0.25, 0.3) is 5.91 Å². The van der Waals surface area contributed by atoms with E-state index in [0.29, 0.717) is 24.2 Å². The van der Waals surface area contributed by atoms with E-state index in [-0.39, 0.29) is 35.7 Å². The van der Waals surface area contributed by atoms with Gasteiger partial charge < -0.3 is 11.1 Å². The van der Waals surface area contributed by atoms with E-state index in [2.05, 4.69) is 5.32 Å². The highest BCUT2D eigenvalue weighted by molar-refractivity contribution is 7.91. The molecule has 0 saturated carbocycles. The Kier molecular flexibility index (Phi) is 8.60. The van der Waals surface area contributed by atoms with Crippen molar-refractivity contribution in [1.29, 1.82) is 0 Å². The number of nitrogens with two attached hydrogens (primary N) is 1. The number of carbonyl (C=O) groups is 1. The Hall–Kier alpha value is -0.980. The first-order chi connectivity index (χ1) is 8.94. The Morgan fingerprint density at radius 3 is 2.35 bits per heavy atom. The van der Waals surface area contributed by atoms with Gasteiger partial charge in [0.05, 0.1) is 11.5 Å². The summed E-state index contributed by atoms with van der Waals surface area (Å²) < 4.78 is 22.7. The van der Waals surface area contributed by atoms with Crippen LogP contribution in [0, 0.1) is 0 Å². The average molecular weight is 341 g/mol. The molecular weight excluding hydrogens is 323 g/mol. The number of hydrogen-bond acceptors (Lipinski definition) is 4. The fourth-order valence-electron chi connectivity index (χ4n) is 1.45. The predicted molar refractivity (Wildman–Crippen MR) is 84.4 cm³/mol. The molecule has 0 saturated heterocycles. The van der Waals surface area contributed by atoms with E-state index in [1.165, 1.54) is 0 Å². The lowest BCUT2D eigenvalue weighted by molar-refractivity contribution is 0.0953. The number of carbonyl (C=O) groups excluding carboxylic acids is 1. The van der Waals surface area contributed by atoms with Crippen molar-refractivity contribution in [2.24, 2.45) is 0 Å². The van der Waals surface area contributed by atoms with Crippen molar-refractivity contribution >= 4 is 45.4 Å². The minimum Gasteiger partial charge on any atom is -0.399 e. The summed E-state index contributed by atoms with van der Waals surface area (Å²) in [6.07, 6.45) is 0.375. The number of benzene rings is 1. The van der Waals surface area contributed by atoms with Gasteiger partial charge in [-0.1, -0.05) is 0 Å². The maximum atomic E-state index is 11.7. The zero-order valence-corrected chi connectivity index (χ0v) is 13.2. The van der Waals surface area contributed by atoms with Crippen LogP contribution >= 0.6 is 24.0 Å². The topological polar surface area (TPSA) is 89.3 Å². The number of anilines is 1. The molecule has 0 atom stereocenters. The molecule has 0 aliphatic rings. The maximum absolute atomic E-state index is 11.7. The quantitative estimate of drug-likeness (QED) is 0.446. The molecule has 1 aromatic rings. The highest BCUT2D eigenvalue weighted by atomic mass is 35.5. The van der Waals surface area contributed by atoms with Gasteiger partial charge in [0.15, 0.2) is 9.84 Å². The van der Waals surface area contributed by atoms with Crippen LogP contribution in [-0.4, -0.2) is 38.3 Å². The van der Waals surface area contributed by atoms with Crippen LogP contribution in [-0.2, 0) is 9.84 Å². The lowest BCUT2D eigenvalue weighted by atomic mass is 10.2. The van der Waals surface area contributed by atoms with E-state index in [1.807, 2.05) is 0 Å². The molecule has 0 aliphatic heterocycles. The number of halogens is 2. The van der Waals surface area contributed by atoms with Crippen molar-refractivity contribution < 1.29 is 13.2 Å². The third-order valence-corrected chi connectivity index (χ3v) is 4.63. The smallest absolute Gasteiger partial charge is 0.251 e. The molecule has 0 fully saturated rings. The van der Waals surface area contributed by atoms with E-state index in [4.69, 9.17) is 17.3 Å². The zero-order chi connectivity index (χ0) is 14.3. The van der Waals surface area contributed by atoms with Crippen LogP contribution in [0.2, 0.25) is 0 Å². The monoisotopic (exact) mass is 340 g/mol. The van der Waals surface area contributed by atoms with Gasteiger partial charge in [0.1, 0.15) is 0 Å². The summed E-state index contributed by atoms with van der Waals surface area (Å²) >= 11 is 5.38. The number of amides is 1. The highest BCUT2D eigenvalue weighted by Crippen LogP contribution is 2.05. The lowest BCUT2D eigenvalue weighted by Gasteiger charge is -2.06. The Morgan fingerprint density at radius 2 is 1.80 bits per heavy atom. The van der Waals surface area contributed by atoms with Crippen LogP contribution in [0.15, 0.2) is 24.3 Å². The van der Waals surface area contributed by atoms with Gasteiger partial charge in [-0.15, -0.1) is 24.0 Å². The van der Waals surface area contributed by atoms with E-state index < -0.39 is 9.84 Å². The Balaban J connectivity index is 0.00000361. The fraction of sp³-hybridized carbons (Fsp3) is 0.417. The summed E-state index contributed by atoms with van der Waals surface area (Å²) in [5, 5.41) is 2.66. The first-order valence-corrected chi connectivity index (χ1v) is 8.20. The number of nitrogens with one attached hydrogen (secondary N) is 1. The molecule has 20 heavy (non-hydrogen) atoms. The van der Waals surface area contributed by atoms with Gasteiger partial charge in [0, 0.05) is 23.7 Å². The summed E-state index contributed by atoms with van der Waals surface area (Å²) in [5.41, 5.74) is 6.60. The summed E-state index contributed by atoms with van der Waals surface area (Å²) in [6, 6.07) is 6.52. The molecule has 1 aromatic carbocycles. The number of alkyl halides is 1. The van der Waals surface area contributed by atoms with Crippen LogP contribution < -0.4 is 11.1 Å². The first-order valence-electron chi connectivity index (χ1n) is 5.85. The van der Waals surface area contributed by atoms with Crippen molar-refractivity contribution in [3.05, 3.63) is 29.8 Å². The normalized spacial score (nSPS) is 10.7. The van der Waals surface area contributed by atoms with E-state index >= 15 is 0 Å².